The number of nitrogens with one attached hydrogen (secondary N) is 1. The first-order valence-corrected chi connectivity index (χ1v) is 8.62. The molecule has 0 saturated carbocycles. The standard InChI is InChI=1S/C18H16N4O2S/c1-2-14-9-8-13(10-17(14)22(23)24)11-19-21-18-20-16(12-25-18)15-6-4-3-5-7-15/h3-12H,2H2,1H3,(H,20,21). The van der Waals surface area contributed by atoms with E-state index in [-0.39, 0.29) is 10.6 Å². The van der Waals surface area contributed by atoms with Crippen molar-refractivity contribution in [2.45, 2.75) is 13.3 Å². The first kappa shape index (κ1) is 16.8. The zero-order valence-electron chi connectivity index (χ0n) is 13.5. The zero-order valence-corrected chi connectivity index (χ0v) is 14.4. The Bertz CT molecular complexity index is 906. The van der Waals surface area contributed by atoms with Gasteiger partial charge in [0.25, 0.3) is 5.69 Å². The predicted octanol–water partition coefficient (Wildman–Crippen LogP) is 4.73. The molecule has 25 heavy (non-hydrogen) atoms. The topological polar surface area (TPSA) is 80.4 Å². The van der Waals surface area contributed by atoms with Crippen LogP contribution in [-0.2, 0) is 6.42 Å². The maximum atomic E-state index is 11.1. The Kier molecular flexibility index (Phi) is 5.15. The molecule has 126 valence electrons. The highest BCUT2D eigenvalue weighted by Crippen LogP contribution is 2.24. The van der Waals surface area contributed by atoms with Gasteiger partial charge in [-0.3, -0.25) is 15.5 Å². The quantitative estimate of drug-likeness (QED) is 0.395. The van der Waals surface area contributed by atoms with Crippen LogP contribution in [0.5, 0.6) is 0 Å². The minimum atomic E-state index is -0.365. The van der Waals surface area contributed by atoms with Crippen LogP contribution in [0.25, 0.3) is 11.3 Å². The van der Waals surface area contributed by atoms with E-state index in [1.165, 1.54) is 17.4 Å². The van der Waals surface area contributed by atoms with E-state index in [0.717, 1.165) is 11.3 Å². The second-order valence-electron chi connectivity index (χ2n) is 5.27. The summed E-state index contributed by atoms with van der Waals surface area (Å²) in [5.41, 5.74) is 6.28. The minimum absolute atomic E-state index is 0.118. The van der Waals surface area contributed by atoms with Crippen LogP contribution in [0.3, 0.4) is 0 Å². The highest BCUT2D eigenvalue weighted by atomic mass is 32.1. The lowest BCUT2D eigenvalue weighted by Gasteiger charge is -2.01. The lowest BCUT2D eigenvalue weighted by Crippen LogP contribution is -1.97. The fraction of sp³-hybridized carbons (Fsp3) is 0.111. The monoisotopic (exact) mass is 352 g/mol. The zero-order chi connectivity index (χ0) is 17.6. The smallest absolute Gasteiger partial charge is 0.258 e. The van der Waals surface area contributed by atoms with Gasteiger partial charge in [-0.25, -0.2) is 4.98 Å². The van der Waals surface area contributed by atoms with Crippen molar-refractivity contribution in [1.82, 2.24) is 4.98 Å². The molecule has 0 saturated heterocycles. The number of nitrogens with zero attached hydrogens (tertiary/aromatic N) is 3. The molecule has 1 aromatic heterocycles. The van der Waals surface area contributed by atoms with Crippen molar-refractivity contribution in [2.75, 3.05) is 5.43 Å². The Morgan fingerprint density at radius 3 is 2.80 bits per heavy atom. The molecule has 6 nitrogen and oxygen atoms in total. The lowest BCUT2D eigenvalue weighted by molar-refractivity contribution is -0.385. The maximum absolute atomic E-state index is 11.1. The van der Waals surface area contributed by atoms with Gasteiger partial charge < -0.3 is 0 Å². The van der Waals surface area contributed by atoms with Gasteiger partial charge in [0.15, 0.2) is 0 Å². The molecule has 0 aliphatic rings. The van der Waals surface area contributed by atoms with Crippen molar-refractivity contribution >= 4 is 28.4 Å². The molecular formula is C18H16N4O2S. The molecule has 3 rings (SSSR count). The third kappa shape index (κ3) is 4.07. The molecule has 0 bridgehead atoms. The van der Waals surface area contributed by atoms with E-state index >= 15 is 0 Å². The van der Waals surface area contributed by atoms with Gasteiger partial charge >= 0.3 is 0 Å². The maximum Gasteiger partial charge on any atom is 0.273 e. The molecule has 0 fully saturated rings. The molecule has 0 amide bonds. The van der Waals surface area contributed by atoms with E-state index < -0.39 is 0 Å². The van der Waals surface area contributed by atoms with Gasteiger partial charge in [0, 0.05) is 28.1 Å². The number of nitro groups is 1. The highest BCUT2D eigenvalue weighted by molar-refractivity contribution is 7.14. The third-order valence-electron chi connectivity index (χ3n) is 3.63. The van der Waals surface area contributed by atoms with Crippen LogP contribution in [0.4, 0.5) is 10.8 Å². The van der Waals surface area contributed by atoms with Gasteiger partial charge in [0.2, 0.25) is 5.13 Å². The van der Waals surface area contributed by atoms with Crippen LogP contribution in [0.2, 0.25) is 0 Å². The number of hydrazone groups is 1. The van der Waals surface area contributed by atoms with Crippen molar-refractivity contribution < 1.29 is 4.92 Å². The fourth-order valence-corrected chi connectivity index (χ4v) is 3.03. The summed E-state index contributed by atoms with van der Waals surface area (Å²) in [5.74, 6) is 0. The highest BCUT2D eigenvalue weighted by Gasteiger charge is 2.12. The van der Waals surface area contributed by atoms with Crippen LogP contribution in [-0.4, -0.2) is 16.1 Å². The molecule has 0 aliphatic heterocycles. The number of nitro benzene ring substituents is 1. The van der Waals surface area contributed by atoms with Gasteiger partial charge in [-0.05, 0) is 6.42 Å². The Hall–Kier alpha value is -3.06. The summed E-state index contributed by atoms with van der Waals surface area (Å²) in [6, 6.07) is 15.0. The second-order valence-corrected chi connectivity index (χ2v) is 6.13. The summed E-state index contributed by atoms with van der Waals surface area (Å²) in [6.07, 6.45) is 2.17. The number of anilines is 1. The summed E-state index contributed by atoms with van der Waals surface area (Å²) in [5, 5.41) is 17.8. The van der Waals surface area contributed by atoms with E-state index in [4.69, 9.17) is 0 Å². The van der Waals surface area contributed by atoms with E-state index in [0.29, 0.717) is 22.7 Å². The number of thiazole rings is 1. The van der Waals surface area contributed by atoms with Crippen LogP contribution < -0.4 is 5.43 Å². The van der Waals surface area contributed by atoms with Gasteiger partial charge in [-0.15, -0.1) is 11.3 Å². The van der Waals surface area contributed by atoms with Crippen molar-refractivity contribution in [3.8, 4) is 11.3 Å². The lowest BCUT2D eigenvalue weighted by atomic mass is 10.1. The van der Waals surface area contributed by atoms with Gasteiger partial charge in [0.1, 0.15) is 0 Å². The summed E-state index contributed by atoms with van der Waals surface area (Å²) in [7, 11) is 0. The summed E-state index contributed by atoms with van der Waals surface area (Å²) < 4.78 is 0. The first-order chi connectivity index (χ1) is 12.2. The van der Waals surface area contributed by atoms with Crippen molar-refractivity contribution in [3.63, 3.8) is 0 Å². The third-order valence-corrected chi connectivity index (χ3v) is 4.38. The molecule has 3 aromatic rings. The normalized spacial score (nSPS) is 10.9. The van der Waals surface area contributed by atoms with Gasteiger partial charge in [-0.2, -0.15) is 5.10 Å². The largest absolute Gasteiger partial charge is 0.273 e. The molecule has 0 aliphatic carbocycles. The Morgan fingerprint density at radius 2 is 2.08 bits per heavy atom. The SMILES string of the molecule is CCc1ccc(C=NNc2nc(-c3ccccc3)cs2)cc1[N+](=O)[O-]. The molecule has 0 spiro atoms. The number of rotatable bonds is 6. The number of hydrogen-bond donors (Lipinski definition) is 1. The second kappa shape index (κ2) is 7.67. The van der Waals surface area contributed by atoms with E-state index in [2.05, 4.69) is 15.5 Å². The van der Waals surface area contributed by atoms with E-state index in [9.17, 15) is 10.1 Å². The predicted molar refractivity (Wildman–Crippen MR) is 101 cm³/mol. The molecule has 1 heterocycles. The number of hydrogen-bond acceptors (Lipinski definition) is 6. The summed E-state index contributed by atoms with van der Waals surface area (Å²) in [6.45, 7) is 1.89. The van der Waals surface area contributed by atoms with E-state index in [1.54, 1.807) is 12.3 Å². The Labute approximate surface area is 149 Å². The minimum Gasteiger partial charge on any atom is -0.258 e. The van der Waals surface area contributed by atoms with Crippen LogP contribution in [0.1, 0.15) is 18.1 Å². The summed E-state index contributed by atoms with van der Waals surface area (Å²) in [4.78, 5) is 15.2. The average molecular weight is 352 g/mol. The van der Waals surface area contributed by atoms with Gasteiger partial charge in [0.05, 0.1) is 16.8 Å². The van der Waals surface area contributed by atoms with Crippen molar-refractivity contribution in [2.24, 2.45) is 5.10 Å². The van der Waals surface area contributed by atoms with Gasteiger partial charge in [-0.1, -0.05) is 49.4 Å². The van der Waals surface area contributed by atoms with Crippen molar-refractivity contribution in [3.05, 3.63) is 75.2 Å². The van der Waals surface area contributed by atoms with E-state index in [1.807, 2.05) is 48.7 Å². The molecule has 1 N–H and O–H groups in total. The average Bonchev–Trinajstić information content (AvgIpc) is 3.11. The first-order valence-electron chi connectivity index (χ1n) is 7.74. The molecule has 2 aromatic carbocycles. The number of aryl methyl sites for hydroxylation is 1. The molecule has 7 heteroatoms. The Balaban J connectivity index is 1.71. The number of aromatic nitrogens is 1. The van der Waals surface area contributed by atoms with Crippen LogP contribution in [0.15, 0.2) is 59.0 Å². The molecular weight excluding hydrogens is 336 g/mol. The van der Waals surface area contributed by atoms with Crippen molar-refractivity contribution in [1.29, 1.82) is 0 Å². The number of benzene rings is 2. The molecule has 0 radical (unpaired) electrons. The van der Waals surface area contributed by atoms with Crippen LogP contribution >= 0.6 is 11.3 Å². The summed E-state index contributed by atoms with van der Waals surface area (Å²) >= 11 is 1.45. The van der Waals surface area contributed by atoms with Crippen LogP contribution in [0, 0.1) is 10.1 Å². The fourth-order valence-electron chi connectivity index (χ4n) is 2.36. The molecule has 0 unspecified atom stereocenters. The molecule has 0 atom stereocenters. The Morgan fingerprint density at radius 1 is 1.28 bits per heavy atom.